The summed E-state index contributed by atoms with van der Waals surface area (Å²) in [5, 5.41) is 5.78. The van der Waals surface area contributed by atoms with Crippen molar-refractivity contribution in [3.63, 3.8) is 0 Å². The number of nitrogens with one attached hydrogen (secondary N) is 2. The molecule has 0 aliphatic heterocycles. The molecule has 0 bridgehead atoms. The van der Waals surface area contributed by atoms with Gasteiger partial charge in [-0.05, 0) is 38.1 Å². The van der Waals surface area contributed by atoms with Crippen LogP contribution in [0, 0.1) is 5.92 Å². The Morgan fingerprint density at radius 3 is 2.86 bits per heavy atom. The Hall–Kier alpha value is -0.770. The SMILES string of the molecule is CCCNC(=O)N[C@@H]1CC[C@H](CN)C1. The zero-order valence-electron chi connectivity index (χ0n) is 8.88. The quantitative estimate of drug-likeness (QED) is 0.627. The third-order valence-corrected chi connectivity index (χ3v) is 2.75. The van der Waals surface area contributed by atoms with Crippen LogP contribution in [0.25, 0.3) is 0 Å². The summed E-state index contributed by atoms with van der Waals surface area (Å²) in [7, 11) is 0. The first-order chi connectivity index (χ1) is 6.76. The second-order valence-electron chi connectivity index (χ2n) is 4.01. The van der Waals surface area contributed by atoms with Crippen molar-refractivity contribution in [1.29, 1.82) is 0 Å². The monoisotopic (exact) mass is 199 g/mol. The van der Waals surface area contributed by atoms with Gasteiger partial charge in [0.25, 0.3) is 0 Å². The fourth-order valence-electron chi connectivity index (χ4n) is 1.90. The average molecular weight is 199 g/mol. The molecule has 1 rings (SSSR count). The maximum atomic E-state index is 11.3. The standard InChI is InChI=1S/C10H21N3O/c1-2-5-12-10(14)13-9-4-3-8(6-9)7-11/h8-9H,2-7,11H2,1H3,(H2,12,13,14)/t8-,9+/m0/s1. The molecule has 1 aliphatic rings. The van der Waals surface area contributed by atoms with Gasteiger partial charge < -0.3 is 16.4 Å². The van der Waals surface area contributed by atoms with E-state index in [1.807, 2.05) is 6.92 Å². The highest BCUT2D eigenvalue weighted by Gasteiger charge is 2.24. The van der Waals surface area contributed by atoms with E-state index in [4.69, 9.17) is 5.73 Å². The maximum absolute atomic E-state index is 11.3. The molecule has 2 amide bonds. The second kappa shape index (κ2) is 5.86. The molecule has 82 valence electrons. The molecule has 1 fully saturated rings. The van der Waals surface area contributed by atoms with E-state index < -0.39 is 0 Å². The minimum atomic E-state index is -0.0329. The lowest BCUT2D eigenvalue weighted by molar-refractivity contribution is 0.237. The Balaban J connectivity index is 2.15. The molecule has 0 saturated heterocycles. The molecule has 14 heavy (non-hydrogen) atoms. The third kappa shape index (κ3) is 3.54. The molecule has 0 heterocycles. The lowest BCUT2D eigenvalue weighted by Gasteiger charge is -2.13. The van der Waals surface area contributed by atoms with Crippen molar-refractivity contribution >= 4 is 6.03 Å². The molecular formula is C10H21N3O. The van der Waals surface area contributed by atoms with Gasteiger partial charge in [-0.15, -0.1) is 0 Å². The molecule has 1 saturated carbocycles. The van der Waals surface area contributed by atoms with E-state index in [1.165, 1.54) is 0 Å². The first kappa shape index (κ1) is 11.3. The molecule has 0 aromatic carbocycles. The number of hydrogen-bond donors (Lipinski definition) is 3. The highest BCUT2D eigenvalue weighted by Crippen LogP contribution is 2.24. The molecule has 0 unspecified atom stereocenters. The lowest BCUT2D eigenvalue weighted by Crippen LogP contribution is -2.41. The summed E-state index contributed by atoms with van der Waals surface area (Å²) < 4.78 is 0. The predicted molar refractivity (Wildman–Crippen MR) is 57.0 cm³/mol. The summed E-state index contributed by atoms with van der Waals surface area (Å²) in [6.45, 7) is 3.54. The number of urea groups is 1. The highest BCUT2D eigenvalue weighted by molar-refractivity contribution is 5.74. The first-order valence-corrected chi connectivity index (χ1v) is 5.50. The van der Waals surface area contributed by atoms with Crippen LogP contribution in [-0.2, 0) is 0 Å². The third-order valence-electron chi connectivity index (χ3n) is 2.75. The molecular weight excluding hydrogens is 178 g/mol. The Bertz CT molecular complexity index is 184. The number of nitrogens with two attached hydrogens (primary N) is 1. The van der Waals surface area contributed by atoms with Crippen molar-refractivity contribution in [1.82, 2.24) is 10.6 Å². The number of carbonyl (C=O) groups excluding carboxylic acids is 1. The van der Waals surface area contributed by atoms with Crippen LogP contribution >= 0.6 is 0 Å². The van der Waals surface area contributed by atoms with Gasteiger partial charge in [-0.25, -0.2) is 4.79 Å². The van der Waals surface area contributed by atoms with Crippen molar-refractivity contribution in [2.75, 3.05) is 13.1 Å². The van der Waals surface area contributed by atoms with Gasteiger partial charge in [0.2, 0.25) is 0 Å². The van der Waals surface area contributed by atoms with E-state index in [-0.39, 0.29) is 6.03 Å². The van der Waals surface area contributed by atoms with Crippen LogP contribution in [0.2, 0.25) is 0 Å². The summed E-state index contributed by atoms with van der Waals surface area (Å²) >= 11 is 0. The Kier molecular flexibility index (Phi) is 4.73. The fraction of sp³-hybridized carbons (Fsp3) is 0.900. The van der Waals surface area contributed by atoms with Crippen molar-refractivity contribution in [2.24, 2.45) is 11.7 Å². The van der Waals surface area contributed by atoms with Crippen LogP contribution in [-0.4, -0.2) is 25.2 Å². The summed E-state index contributed by atoms with van der Waals surface area (Å²) in [6.07, 6.45) is 4.23. The summed E-state index contributed by atoms with van der Waals surface area (Å²) in [5.41, 5.74) is 5.58. The Morgan fingerprint density at radius 1 is 1.50 bits per heavy atom. The van der Waals surface area contributed by atoms with E-state index in [1.54, 1.807) is 0 Å². The van der Waals surface area contributed by atoms with E-state index in [2.05, 4.69) is 10.6 Å². The topological polar surface area (TPSA) is 67.2 Å². The number of hydrogen-bond acceptors (Lipinski definition) is 2. The minimum absolute atomic E-state index is 0.0329. The van der Waals surface area contributed by atoms with Gasteiger partial charge in [-0.1, -0.05) is 6.92 Å². The largest absolute Gasteiger partial charge is 0.338 e. The van der Waals surface area contributed by atoms with Crippen molar-refractivity contribution < 1.29 is 4.79 Å². The fourth-order valence-corrected chi connectivity index (χ4v) is 1.90. The predicted octanol–water partition coefficient (Wildman–Crippen LogP) is 0.823. The average Bonchev–Trinajstić information content (AvgIpc) is 2.62. The van der Waals surface area contributed by atoms with Crippen LogP contribution in [0.3, 0.4) is 0 Å². The van der Waals surface area contributed by atoms with Crippen LogP contribution < -0.4 is 16.4 Å². The maximum Gasteiger partial charge on any atom is 0.315 e. The van der Waals surface area contributed by atoms with Gasteiger partial charge in [0.15, 0.2) is 0 Å². The number of rotatable bonds is 4. The molecule has 2 atom stereocenters. The van der Waals surface area contributed by atoms with Gasteiger partial charge >= 0.3 is 6.03 Å². The van der Waals surface area contributed by atoms with Crippen molar-refractivity contribution in [3.8, 4) is 0 Å². The van der Waals surface area contributed by atoms with Crippen molar-refractivity contribution in [2.45, 2.75) is 38.6 Å². The van der Waals surface area contributed by atoms with E-state index in [9.17, 15) is 4.79 Å². The highest BCUT2D eigenvalue weighted by atomic mass is 16.2. The van der Waals surface area contributed by atoms with E-state index in [0.29, 0.717) is 12.0 Å². The molecule has 4 N–H and O–H groups in total. The van der Waals surface area contributed by atoms with Gasteiger partial charge in [0, 0.05) is 12.6 Å². The van der Waals surface area contributed by atoms with Crippen LogP contribution in [0.4, 0.5) is 4.79 Å². The molecule has 0 spiro atoms. The lowest BCUT2D eigenvalue weighted by atomic mass is 10.1. The summed E-state index contributed by atoms with van der Waals surface area (Å²) in [5.74, 6) is 0.603. The number of carbonyl (C=O) groups is 1. The minimum Gasteiger partial charge on any atom is -0.338 e. The van der Waals surface area contributed by atoms with Gasteiger partial charge in [-0.3, -0.25) is 0 Å². The summed E-state index contributed by atoms with van der Waals surface area (Å²) in [6, 6.07) is 0.301. The normalized spacial score (nSPS) is 26.1. The molecule has 0 aromatic heterocycles. The second-order valence-corrected chi connectivity index (χ2v) is 4.01. The molecule has 4 nitrogen and oxygen atoms in total. The van der Waals surface area contributed by atoms with E-state index >= 15 is 0 Å². The Labute approximate surface area is 85.6 Å². The van der Waals surface area contributed by atoms with Crippen LogP contribution in [0.1, 0.15) is 32.6 Å². The van der Waals surface area contributed by atoms with Crippen LogP contribution in [0.5, 0.6) is 0 Å². The van der Waals surface area contributed by atoms with Gasteiger partial charge in [0.05, 0.1) is 0 Å². The molecule has 0 aromatic rings. The zero-order chi connectivity index (χ0) is 10.4. The Morgan fingerprint density at radius 2 is 2.29 bits per heavy atom. The van der Waals surface area contributed by atoms with E-state index in [0.717, 1.165) is 38.8 Å². The molecule has 0 radical (unpaired) electrons. The summed E-state index contributed by atoms with van der Waals surface area (Å²) in [4.78, 5) is 11.3. The number of amides is 2. The first-order valence-electron chi connectivity index (χ1n) is 5.50. The van der Waals surface area contributed by atoms with Gasteiger partial charge in [-0.2, -0.15) is 0 Å². The zero-order valence-corrected chi connectivity index (χ0v) is 8.88. The van der Waals surface area contributed by atoms with Crippen LogP contribution in [0.15, 0.2) is 0 Å². The van der Waals surface area contributed by atoms with Crippen molar-refractivity contribution in [3.05, 3.63) is 0 Å². The smallest absolute Gasteiger partial charge is 0.315 e. The van der Waals surface area contributed by atoms with Gasteiger partial charge in [0.1, 0.15) is 0 Å². The molecule has 4 heteroatoms. The molecule has 1 aliphatic carbocycles.